The first kappa shape index (κ1) is 17.2. The Morgan fingerprint density at radius 1 is 1.36 bits per heavy atom. The number of fused-ring (bicyclic) bond motifs is 2. The second-order valence-electron chi connectivity index (χ2n) is 7.06. The minimum atomic E-state index is -0.298. The molecule has 0 saturated heterocycles. The average molecular weight is 392 g/mol. The molecule has 4 heterocycles. The van der Waals surface area contributed by atoms with E-state index in [1.165, 1.54) is 4.88 Å². The first-order chi connectivity index (χ1) is 13.7. The Kier molecular flexibility index (Phi) is 4.24. The summed E-state index contributed by atoms with van der Waals surface area (Å²) in [5.74, 6) is 0.861. The van der Waals surface area contributed by atoms with Gasteiger partial charge in [-0.05, 0) is 19.1 Å². The van der Waals surface area contributed by atoms with Crippen LogP contribution in [0.5, 0.6) is 0 Å². The first-order valence-corrected chi connectivity index (χ1v) is 10.2. The van der Waals surface area contributed by atoms with Gasteiger partial charge in [0, 0.05) is 48.0 Å². The number of carbonyl (C=O) groups is 1. The molecule has 0 unspecified atom stereocenters. The lowest BCUT2D eigenvalue weighted by molar-refractivity contribution is -0.133. The van der Waals surface area contributed by atoms with Crippen molar-refractivity contribution < 1.29 is 9.21 Å². The van der Waals surface area contributed by atoms with Gasteiger partial charge in [0.1, 0.15) is 17.4 Å². The quantitative estimate of drug-likeness (QED) is 0.569. The van der Waals surface area contributed by atoms with Crippen molar-refractivity contribution in [2.45, 2.75) is 32.2 Å². The summed E-state index contributed by atoms with van der Waals surface area (Å²) in [7, 11) is 0. The highest BCUT2D eigenvalue weighted by Gasteiger charge is 2.36. The number of benzene rings is 1. The maximum Gasteiger partial charge on any atom is 0.223 e. The van der Waals surface area contributed by atoms with Gasteiger partial charge in [-0.15, -0.1) is 11.3 Å². The van der Waals surface area contributed by atoms with Crippen molar-refractivity contribution >= 4 is 28.2 Å². The number of carbonyl (C=O) groups excluding carboxylic acids is 1. The lowest BCUT2D eigenvalue weighted by Crippen LogP contribution is -2.40. The molecule has 4 aromatic rings. The number of furan rings is 1. The molecule has 142 valence electrons. The standard InChI is InChI=1S/C21H20N4O2S/c1-13-11-22-18(28-13)6-7-19(26)25-9-8-15-20(24-12-23-15)21(25)17-10-14-4-2-3-5-16(14)27-17/h2-5,10-12,21H,6-9H2,1H3,(H,23,24)/t21-/m0/s1. The molecule has 1 atom stereocenters. The van der Waals surface area contributed by atoms with Crippen molar-refractivity contribution in [2.75, 3.05) is 6.54 Å². The van der Waals surface area contributed by atoms with Crippen LogP contribution in [-0.4, -0.2) is 32.3 Å². The Morgan fingerprint density at radius 2 is 2.25 bits per heavy atom. The molecule has 1 amide bonds. The number of amides is 1. The smallest absolute Gasteiger partial charge is 0.223 e. The van der Waals surface area contributed by atoms with Crippen LogP contribution in [0.15, 0.2) is 47.3 Å². The van der Waals surface area contributed by atoms with Gasteiger partial charge in [-0.2, -0.15) is 0 Å². The number of hydrogen-bond acceptors (Lipinski definition) is 5. The molecule has 7 heteroatoms. The normalized spacial score (nSPS) is 16.5. The summed E-state index contributed by atoms with van der Waals surface area (Å²) in [6.45, 7) is 2.68. The van der Waals surface area contributed by atoms with E-state index in [4.69, 9.17) is 4.42 Å². The van der Waals surface area contributed by atoms with Gasteiger partial charge in [-0.1, -0.05) is 18.2 Å². The average Bonchev–Trinajstić information content (AvgIpc) is 3.43. The fourth-order valence-corrected chi connectivity index (χ4v) is 4.63. The molecular formula is C21H20N4O2S. The number of nitrogens with zero attached hydrogens (tertiary/aromatic N) is 3. The molecule has 0 fully saturated rings. The van der Waals surface area contributed by atoms with Crippen molar-refractivity contribution in [3.63, 3.8) is 0 Å². The summed E-state index contributed by atoms with van der Waals surface area (Å²) in [6, 6.07) is 9.64. The fourth-order valence-electron chi connectivity index (χ4n) is 3.85. The summed E-state index contributed by atoms with van der Waals surface area (Å²) in [6.07, 6.45) is 5.43. The SMILES string of the molecule is Cc1cnc(CCC(=O)N2CCc3[nH]cnc3[C@@H]2c2cc3ccccc3o2)s1. The zero-order chi connectivity index (χ0) is 19.1. The third-order valence-corrected chi connectivity index (χ3v) is 6.15. The monoisotopic (exact) mass is 392 g/mol. The Hall–Kier alpha value is -2.93. The van der Waals surface area contributed by atoms with Crippen molar-refractivity contribution in [1.29, 1.82) is 0 Å². The van der Waals surface area contributed by atoms with E-state index in [0.29, 0.717) is 19.4 Å². The van der Waals surface area contributed by atoms with Crippen LogP contribution < -0.4 is 0 Å². The van der Waals surface area contributed by atoms with Crippen LogP contribution in [0, 0.1) is 6.92 Å². The van der Waals surface area contributed by atoms with E-state index in [2.05, 4.69) is 15.0 Å². The topological polar surface area (TPSA) is 75.0 Å². The molecule has 0 saturated carbocycles. The van der Waals surface area contributed by atoms with Crippen LogP contribution in [0.25, 0.3) is 11.0 Å². The molecule has 1 aromatic carbocycles. The second-order valence-corrected chi connectivity index (χ2v) is 8.38. The van der Waals surface area contributed by atoms with Crippen LogP contribution >= 0.6 is 11.3 Å². The largest absolute Gasteiger partial charge is 0.458 e. The molecule has 0 spiro atoms. The summed E-state index contributed by atoms with van der Waals surface area (Å²) < 4.78 is 6.12. The lowest BCUT2D eigenvalue weighted by Gasteiger charge is -2.33. The molecule has 0 aliphatic carbocycles. The number of para-hydroxylation sites is 1. The van der Waals surface area contributed by atoms with Gasteiger partial charge in [-0.3, -0.25) is 4.79 Å². The molecule has 1 aliphatic rings. The number of rotatable bonds is 4. The van der Waals surface area contributed by atoms with Crippen LogP contribution in [-0.2, 0) is 17.6 Å². The van der Waals surface area contributed by atoms with Crippen molar-refractivity contribution in [3.8, 4) is 0 Å². The number of H-pyrrole nitrogens is 1. The number of aromatic nitrogens is 3. The van der Waals surface area contributed by atoms with E-state index < -0.39 is 0 Å². The van der Waals surface area contributed by atoms with E-state index >= 15 is 0 Å². The first-order valence-electron chi connectivity index (χ1n) is 9.40. The highest BCUT2D eigenvalue weighted by atomic mass is 32.1. The van der Waals surface area contributed by atoms with Gasteiger partial charge in [0.25, 0.3) is 0 Å². The third-order valence-electron chi connectivity index (χ3n) is 5.18. The van der Waals surface area contributed by atoms with Gasteiger partial charge in [0.05, 0.1) is 17.0 Å². The molecule has 0 radical (unpaired) electrons. The van der Waals surface area contributed by atoms with Crippen LogP contribution in [0.3, 0.4) is 0 Å². The van der Waals surface area contributed by atoms with Crippen molar-refractivity contribution in [1.82, 2.24) is 19.9 Å². The maximum atomic E-state index is 13.1. The Morgan fingerprint density at radius 3 is 3.07 bits per heavy atom. The number of nitrogens with one attached hydrogen (secondary N) is 1. The number of aromatic amines is 1. The van der Waals surface area contributed by atoms with Crippen molar-refractivity contribution in [3.05, 3.63) is 69.9 Å². The molecule has 6 nitrogen and oxygen atoms in total. The van der Waals surface area contributed by atoms with Gasteiger partial charge >= 0.3 is 0 Å². The van der Waals surface area contributed by atoms with Crippen molar-refractivity contribution in [2.24, 2.45) is 0 Å². The number of aryl methyl sites for hydroxylation is 2. The fraction of sp³-hybridized carbons (Fsp3) is 0.286. The third kappa shape index (κ3) is 3.01. The predicted molar refractivity (Wildman–Crippen MR) is 107 cm³/mol. The molecule has 1 N–H and O–H groups in total. The summed E-state index contributed by atoms with van der Waals surface area (Å²) in [4.78, 5) is 28.3. The molecule has 1 aliphatic heterocycles. The summed E-state index contributed by atoms with van der Waals surface area (Å²) >= 11 is 1.65. The predicted octanol–water partition coefficient (Wildman–Crippen LogP) is 4.03. The lowest BCUT2D eigenvalue weighted by atomic mass is 9.99. The van der Waals surface area contributed by atoms with E-state index in [-0.39, 0.29) is 11.9 Å². The zero-order valence-corrected chi connectivity index (χ0v) is 16.3. The van der Waals surface area contributed by atoms with Crippen LogP contribution in [0.4, 0.5) is 0 Å². The minimum absolute atomic E-state index is 0.104. The highest BCUT2D eigenvalue weighted by molar-refractivity contribution is 7.11. The number of imidazole rings is 1. The summed E-state index contributed by atoms with van der Waals surface area (Å²) in [5, 5.41) is 2.04. The van der Waals surface area contributed by atoms with Gasteiger partial charge < -0.3 is 14.3 Å². The van der Waals surface area contributed by atoms with E-state index in [1.54, 1.807) is 17.7 Å². The van der Waals surface area contributed by atoms with Gasteiger partial charge in [-0.25, -0.2) is 9.97 Å². The molecule has 28 heavy (non-hydrogen) atoms. The molecule has 3 aromatic heterocycles. The van der Waals surface area contributed by atoms with E-state index in [0.717, 1.165) is 39.5 Å². The van der Waals surface area contributed by atoms with E-state index in [1.807, 2.05) is 48.4 Å². The highest BCUT2D eigenvalue weighted by Crippen LogP contribution is 2.36. The summed E-state index contributed by atoms with van der Waals surface area (Å²) in [5.41, 5.74) is 2.78. The van der Waals surface area contributed by atoms with Crippen LogP contribution in [0.1, 0.15) is 39.5 Å². The zero-order valence-electron chi connectivity index (χ0n) is 15.5. The number of hydrogen-bond donors (Lipinski definition) is 1. The Labute approximate surface area is 166 Å². The minimum Gasteiger partial charge on any atom is -0.458 e. The Balaban J connectivity index is 1.46. The molecule has 0 bridgehead atoms. The second kappa shape index (κ2) is 6.91. The number of thiazole rings is 1. The maximum absolute atomic E-state index is 13.1. The van der Waals surface area contributed by atoms with E-state index in [9.17, 15) is 4.79 Å². The molecular weight excluding hydrogens is 372 g/mol. The van der Waals surface area contributed by atoms with Gasteiger partial charge in [0.15, 0.2) is 0 Å². The van der Waals surface area contributed by atoms with Gasteiger partial charge in [0.2, 0.25) is 5.91 Å². The van der Waals surface area contributed by atoms with Crippen LogP contribution in [0.2, 0.25) is 0 Å². The Bertz CT molecular complexity index is 1110. The molecule has 5 rings (SSSR count).